The van der Waals surface area contributed by atoms with E-state index in [2.05, 4.69) is 19.2 Å². The molecule has 0 aromatic carbocycles. The predicted molar refractivity (Wildman–Crippen MR) is 82.6 cm³/mol. The van der Waals surface area contributed by atoms with E-state index in [1.165, 1.54) is 19.3 Å². The van der Waals surface area contributed by atoms with Crippen molar-refractivity contribution in [2.45, 2.75) is 83.3 Å². The molecule has 118 valence electrons. The van der Waals surface area contributed by atoms with E-state index in [9.17, 15) is 4.79 Å². The Labute approximate surface area is 123 Å². The van der Waals surface area contributed by atoms with Gasteiger partial charge in [-0.3, -0.25) is 4.79 Å². The molecule has 0 aromatic heterocycles. The molecule has 1 fully saturated rings. The second kappa shape index (κ2) is 9.35. The lowest BCUT2D eigenvalue weighted by molar-refractivity contribution is -0.128. The van der Waals surface area contributed by atoms with E-state index in [4.69, 9.17) is 10.5 Å². The molecule has 1 aliphatic carbocycles. The first-order chi connectivity index (χ1) is 9.64. The summed E-state index contributed by atoms with van der Waals surface area (Å²) in [6.45, 7) is 5.97. The average molecular weight is 284 g/mol. The Kier molecular flexibility index (Phi) is 8.15. The molecule has 0 saturated heterocycles. The first kappa shape index (κ1) is 17.4. The molecule has 1 amide bonds. The van der Waals surface area contributed by atoms with Crippen molar-refractivity contribution in [3.63, 3.8) is 0 Å². The molecule has 0 spiro atoms. The van der Waals surface area contributed by atoms with Crippen LogP contribution in [0.2, 0.25) is 0 Å². The number of amides is 1. The topological polar surface area (TPSA) is 64.3 Å². The van der Waals surface area contributed by atoms with Gasteiger partial charge in [0.25, 0.3) is 0 Å². The lowest BCUT2D eigenvalue weighted by Gasteiger charge is -2.39. The Morgan fingerprint density at radius 3 is 2.75 bits per heavy atom. The third kappa shape index (κ3) is 5.41. The first-order valence-corrected chi connectivity index (χ1v) is 8.31. The molecule has 4 nitrogen and oxygen atoms in total. The summed E-state index contributed by atoms with van der Waals surface area (Å²) in [6.07, 6.45) is 9.71. The maximum Gasteiger partial charge on any atom is 0.237 e. The number of unbranched alkanes of at least 4 members (excludes halogenated alkanes) is 3. The van der Waals surface area contributed by atoms with Crippen LogP contribution < -0.4 is 11.1 Å². The lowest BCUT2D eigenvalue weighted by Crippen LogP contribution is -2.59. The van der Waals surface area contributed by atoms with E-state index >= 15 is 0 Å². The third-order valence-corrected chi connectivity index (χ3v) is 4.24. The minimum atomic E-state index is -0.539. The van der Waals surface area contributed by atoms with E-state index in [0.717, 1.165) is 51.7 Å². The maximum atomic E-state index is 11.8. The standard InChI is InChI=1S/C16H32N2O2/c1-3-5-6-7-12-20-14-9-8-10-16(13-14,15(17)19)18-11-4-2/h14,18H,3-13H2,1-2H3,(H2,17,19). The average Bonchev–Trinajstić information content (AvgIpc) is 2.45. The monoisotopic (exact) mass is 284 g/mol. The lowest BCUT2D eigenvalue weighted by atomic mass is 9.79. The van der Waals surface area contributed by atoms with Gasteiger partial charge in [-0.1, -0.05) is 33.1 Å². The predicted octanol–water partition coefficient (Wildman–Crippen LogP) is 2.75. The fourth-order valence-corrected chi connectivity index (χ4v) is 2.98. The van der Waals surface area contributed by atoms with Crippen molar-refractivity contribution in [3.05, 3.63) is 0 Å². The first-order valence-electron chi connectivity index (χ1n) is 8.31. The van der Waals surface area contributed by atoms with Gasteiger partial charge in [-0.25, -0.2) is 0 Å². The van der Waals surface area contributed by atoms with E-state index < -0.39 is 5.54 Å². The smallest absolute Gasteiger partial charge is 0.237 e. The van der Waals surface area contributed by atoms with Gasteiger partial charge in [-0.15, -0.1) is 0 Å². The van der Waals surface area contributed by atoms with Gasteiger partial charge in [-0.05, 0) is 38.6 Å². The molecule has 1 saturated carbocycles. The maximum absolute atomic E-state index is 11.8. The van der Waals surface area contributed by atoms with Crippen LogP contribution in [0.1, 0.15) is 71.6 Å². The summed E-state index contributed by atoms with van der Waals surface area (Å²) < 4.78 is 5.97. The molecule has 0 aliphatic heterocycles. The molecule has 2 unspecified atom stereocenters. The van der Waals surface area contributed by atoms with Gasteiger partial charge in [-0.2, -0.15) is 0 Å². The van der Waals surface area contributed by atoms with E-state index in [-0.39, 0.29) is 12.0 Å². The van der Waals surface area contributed by atoms with E-state index in [1.807, 2.05) is 0 Å². The van der Waals surface area contributed by atoms with Crippen LogP contribution in [0, 0.1) is 0 Å². The quantitative estimate of drug-likeness (QED) is 0.606. The van der Waals surface area contributed by atoms with Crippen molar-refractivity contribution in [1.82, 2.24) is 5.32 Å². The van der Waals surface area contributed by atoms with Gasteiger partial charge in [0.2, 0.25) is 5.91 Å². The van der Waals surface area contributed by atoms with Crippen LogP contribution in [-0.2, 0) is 9.53 Å². The summed E-state index contributed by atoms with van der Waals surface area (Å²) in [5.74, 6) is -0.217. The second-order valence-corrected chi connectivity index (χ2v) is 6.02. The number of nitrogens with one attached hydrogen (secondary N) is 1. The number of carbonyl (C=O) groups excluding carboxylic acids is 1. The fourth-order valence-electron chi connectivity index (χ4n) is 2.98. The number of hydrogen-bond acceptors (Lipinski definition) is 3. The van der Waals surface area contributed by atoms with Crippen molar-refractivity contribution in [2.75, 3.05) is 13.2 Å². The SMILES string of the molecule is CCCCCCOC1CCCC(NCCC)(C(N)=O)C1. The zero-order valence-electron chi connectivity index (χ0n) is 13.2. The Balaban J connectivity index is 2.40. The van der Waals surface area contributed by atoms with Crippen LogP contribution in [0.3, 0.4) is 0 Å². The largest absolute Gasteiger partial charge is 0.378 e. The second-order valence-electron chi connectivity index (χ2n) is 6.02. The van der Waals surface area contributed by atoms with Crippen molar-refractivity contribution < 1.29 is 9.53 Å². The Morgan fingerprint density at radius 2 is 2.10 bits per heavy atom. The van der Waals surface area contributed by atoms with Crippen molar-refractivity contribution in [3.8, 4) is 0 Å². The summed E-state index contributed by atoms with van der Waals surface area (Å²) in [7, 11) is 0. The molecule has 2 atom stereocenters. The third-order valence-electron chi connectivity index (χ3n) is 4.24. The van der Waals surface area contributed by atoms with Crippen molar-refractivity contribution in [2.24, 2.45) is 5.73 Å². The van der Waals surface area contributed by atoms with Gasteiger partial charge in [0.1, 0.15) is 5.54 Å². The fraction of sp³-hybridized carbons (Fsp3) is 0.938. The molecule has 20 heavy (non-hydrogen) atoms. The van der Waals surface area contributed by atoms with E-state index in [0.29, 0.717) is 0 Å². The molecule has 1 rings (SSSR count). The number of rotatable bonds is 10. The molecular formula is C16H32N2O2. The van der Waals surface area contributed by atoms with Crippen LogP contribution in [0.4, 0.5) is 0 Å². The molecule has 0 aromatic rings. The van der Waals surface area contributed by atoms with Gasteiger partial charge >= 0.3 is 0 Å². The van der Waals surface area contributed by atoms with Gasteiger partial charge < -0.3 is 15.8 Å². The molecular weight excluding hydrogens is 252 g/mol. The zero-order valence-corrected chi connectivity index (χ0v) is 13.2. The van der Waals surface area contributed by atoms with Crippen LogP contribution in [-0.4, -0.2) is 30.7 Å². The Morgan fingerprint density at radius 1 is 1.30 bits per heavy atom. The minimum Gasteiger partial charge on any atom is -0.378 e. The molecule has 0 heterocycles. The number of carbonyl (C=O) groups is 1. The van der Waals surface area contributed by atoms with Crippen LogP contribution in [0.5, 0.6) is 0 Å². The van der Waals surface area contributed by atoms with Crippen LogP contribution >= 0.6 is 0 Å². The summed E-state index contributed by atoms with van der Waals surface area (Å²) in [5.41, 5.74) is 5.10. The minimum absolute atomic E-state index is 0.183. The van der Waals surface area contributed by atoms with Crippen LogP contribution in [0.25, 0.3) is 0 Å². The molecule has 4 heteroatoms. The van der Waals surface area contributed by atoms with Gasteiger partial charge in [0.15, 0.2) is 0 Å². The van der Waals surface area contributed by atoms with Gasteiger partial charge in [0.05, 0.1) is 6.10 Å². The summed E-state index contributed by atoms with van der Waals surface area (Å²) in [6, 6.07) is 0. The summed E-state index contributed by atoms with van der Waals surface area (Å²) in [4.78, 5) is 11.8. The molecule has 0 bridgehead atoms. The highest BCUT2D eigenvalue weighted by Gasteiger charge is 2.41. The number of ether oxygens (including phenoxy) is 1. The number of hydrogen-bond donors (Lipinski definition) is 2. The van der Waals surface area contributed by atoms with Crippen molar-refractivity contribution in [1.29, 1.82) is 0 Å². The van der Waals surface area contributed by atoms with Gasteiger partial charge in [0, 0.05) is 13.0 Å². The normalized spacial score (nSPS) is 26.6. The highest BCUT2D eigenvalue weighted by atomic mass is 16.5. The van der Waals surface area contributed by atoms with Crippen molar-refractivity contribution >= 4 is 5.91 Å². The Hall–Kier alpha value is -0.610. The highest BCUT2D eigenvalue weighted by Crippen LogP contribution is 2.30. The van der Waals surface area contributed by atoms with Crippen LogP contribution in [0.15, 0.2) is 0 Å². The molecule has 1 aliphatic rings. The number of nitrogens with two attached hydrogens (primary N) is 1. The summed E-state index contributed by atoms with van der Waals surface area (Å²) in [5, 5.41) is 3.37. The molecule has 0 radical (unpaired) electrons. The molecule has 3 N–H and O–H groups in total. The highest BCUT2D eigenvalue weighted by molar-refractivity contribution is 5.84. The zero-order chi connectivity index (χ0) is 14.8. The Bertz CT molecular complexity index is 284. The van der Waals surface area contributed by atoms with E-state index in [1.54, 1.807) is 0 Å². The summed E-state index contributed by atoms with van der Waals surface area (Å²) >= 11 is 0. The number of primary amides is 1.